The lowest BCUT2D eigenvalue weighted by atomic mass is 10.4. The van der Waals surface area contributed by atoms with Crippen molar-refractivity contribution in [2.24, 2.45) is 7.05 Å². The molecule has 6 heteroatoms. The molecule has 2 heterocycles. The minimum atomic E-state index is -0.175. The number of nitrogens with one attached hydrogen (secondary N) is 1. The highest BCUT2D eigenvalue weighted by molar-refractivity contribution is 9.10. The first-order valence-electron chi connectivity index (χ1n) is 5.09. The van der Waals surface area contributed by atoms with E-state index in [-0.39, 0.29) is 5.56 Å². The Morgan fingerprint density at radius 3 is 2.94 bits per heavy atom. The van der Waals surface area contributed by atoms with Crippen LogP contribution >= 0.6 is 15.9 Å². The third-order valence-electron chi connectivity index (χ3n) is 2.33. The largest absolute Gasteiger partial charge is 0.465 e. The van der Waals surface area contributed by atoms with E-state index in [1.807, 2.05) is 19.1 Å². The second kappa shape index (κ2) is 4.75. The quantitative estimate of drug-likeness (QED) is 0.942. The number of aryl methyl sites for hydroxylation is 2. The Morgan fingerprint density at radius 1 is 1.53 bits per heavy atom. The number of anilines is 1. The molecule has 0 spiro atoms. The maximum atomic E-state index is 11.6. The van der Waals surface area contributed by atoms with Gasteiger partial charge in [-0.25, -0.2) is 4.68 Å². The number of hydrogen-bond donors (Lipinski definition) is 1. The van der Waals surface area contributed by atoms with Crippen molar-refractivity contribution in [1.82, 2.24) is 9.78 Å². The fourth-order valence-corrected chi connectivity index (χ4v) is 1.90. The minimum Gasteiger partial charge on any atom is -0.465 e. The van der Waals surface area contributed by atoms with Gasteiger partial charge in [0.25, 0.3) is 5.56 Å². The fraction of sp³-hybridized carbons (Fsp3) is 0.273. The standard InChI is InChI=1S/C11H12BrN3O2/c1-7-3-4-8(17-7)5-13-9-6-14-15(2)11(16)10(9)12/h3-4,6,13H,5H2,1-2H3. The van der Waals surface area contributed by atoms with Gasteiger partial charge in [-0.3, -0.25) is 4.79 Å². The molecular weight excluding hydrogens is 286 g/mol. The van der Waals surface area contributed by atoms with Crippen LogP contribution in [0.1, 0.15) is 11.5 Å². The van der Waals surface area contributed by atoms with Crippen LogP contribution < -0.4 is 10.9 Å². The van der Waals surface area contributed by atoms with Gasteiger partial charge in [-0.15, -0.1) is 0 Å². The molecule has 0 atom stereocenters. The molecule has 2 aromatic rings. The van der Waals surface area contributed by atoms with Crippen molar-refractivity contribution in [3.63, 3.8) is 0 Å². The summed E-state index contributed by atoms with van der Waals surface area (Å²) < 4.78 is 7.16. The SMILES string of the molecule is Cc1ccc(CNc2cnn(C)c(=O)c2Br)o1. The van der Waals surface area contributed by atoms with E-state index >= 15 is 0 Å². The molecule has 5 nitrogen and oxygen atoms in total. The van der Waals surface area contributed by atoms with Crippen molar-refractivity contribution in [3.05, 3.63) is 44.7 Å². The van der Waals surface area contributed by atoms with Crippen molar-refractivity contribution in [2.75, 3.05) is 5.32 Å². The normalized spacial score (nSPS) is 10.5. The average Bonchev–Trinajstić information content (AvgIpc) is 2.71. The summed E-state index contributed by atoms with van der Waals surface area (Å²) >= 11 is 3.24. The van der Waals surface area contributed by atoms with Crippen molar-refractivity contribution in [1.29, 1.82) is 0 Å². The highest BCUT2D eigenvalue weighted by Gasteiger charge is 2.07. The van der Waals surface area contributed by atoms with Crippen LogP contribution in [-0.4, -0.2) is 9.78 Å². The van der Waals surface area contributed by atoms with Crippen LogP contribution in [0.15, 0.2) is 32.0 Å². The summed E-state index contributed by atoms with van der Waals surface area (Å²) in [6.45, 7) is 2.40. The molecule has 0 aliphatic carbocycles. The third-order valence-corrected chi connectivity index (χ3v) is 3.09. The van der Waals surface area contributed by atoms with Gasteiger partial charge < -0.3 is 9.73 Å². The van der Waals surface area contributed by atoms with E-state index in [2.05, 4.69) is 26.3 Å². The van der Waals surface area contributed by atoms with Gasteiger partial charge in [0, 0.05) is 7.05 Å². The number of furan rings is 1. The van der Waals surface area contributed by atoms with Crippen LogP contribution in [0.2, 0.25) is 0 Å². The minimum absolute atomic E-state index is 0.175. The molecular formula is C11H12BrN3O2. The predicted molar refractivity (Wildman–Crippen MR) is 67.9 cm³/mol. The Labute approximate surface area is 107 Å². The lowest BCUT2D eigenvalue weighted by Gasteiger charge is -2.06. The Morgan fingerprint density at radius 2 is 2.29 bits per heavy atom. The van der Waals surface area contributed by atoms with E-state index < -0.39 is 0 Å². The summed E-state index contributed by atoms with van der Waals surface area (Å²) in [5.74, 6) is 1.68. The summed E-state index contributed by atoms with van der Waals surface area (Å²) in [6.07, 6.45) is 1.60. The smallest absolute Gasteiger partial charge is 0.282 e. The Bertz CT molecular complexity index is 589. The molecule has 2 rings (SSSR count). The predicted octanol–water partition coefficient (Wildman–Crippen LogP) is 2.06. The van der Waals surface area contributed by atoms with E-state index in [1.54, 1.807) is 13.2 Å². The van der Waals surface area contributed by atoms with Gasteiger partial charge in [-0.05, 0) is 35.0 Å². The first-order valence-corrected chi connectivity index (χ1v) is 5.88. The summed E-state index contributed by atoms with van der Waals surface area (Å²) in [7, 11) is 1.60. The maximum Gasteiger partial charge on any atom is 0.282 e. The summed E-state index contributed by atoms with van der Waals surface area (Å²) in [4.78, 5) is 11.6. The molecule has 0 saturated carbocycles. The van der Waals surface area contributed by atoms with Gasteiger partial charge in [0.05, 0.1) is 18.4 Å². The van der Waals surface area contributed by atoms with Gasteiger partial charge in [0.15, 0.2) is 0 Å². The van der Waals surface area contributed by atoms with Gasteiger partial charge >= 0.3 is 0 Å². The molecule has 0 amide bonds. The Balaban J connectivity index is 2.15. The average molecular weight is 298 g/mol. The van der Waals surface area contributed by atoms with E-state index in [1.165, 1.54) is 4.68 Å². The van der Waals surface area contributed by atoms with Crippen molar-refractivity contribution >= 4 is 21.6 Å². The van der Waals surface area contributed by atoms with Crippen LogP contribution in [0.25, 0.3) is 0 Å². The molecule has 0 unspecified atom stereocenters. The highest BCUT2D eigenvalue weighted by Crippen LogP contribution is 2.17. The molecule has 1 N–H and O–H groups in total. The van der Waals surface area contributed by atoms with Crippen molar-refractivity contribution < 1.29 is 4.42 Å². The van der Waals surface area contributed by atoms with Gasteiger partial charge in [0.2, 0.25) is 0 Å². The number of rotatable bonds is 3. The molecule has 0 aliphatic heterocycles. The monoisotopic (exact) mass is 297 g/mol. The molecule has 2 aromatic heterocycles. The summed E-state index contributed by atoms with van der Waals surface area (Å²) in [5.41, 5.74) is 0.479. The topological polar surface area (TPSA) is 60.1 Å². The van der Waals surface area contributed by atoms with E-state index in [0.29, 0.717) is 16.7 Å². The van der Waals surface area contributed by atoms with Gasteiger partial charge in [0.1, 0.15) is 16.0 Å². The fourth-order valence-electron chi connectivity index (χ4n) is 1.40. The number of aromatic nitrogens is 2. The van der Waals surface area contributed by atoms with E-state index in [4.69, 9.17) is 4.42 Å². The van der Waals surface area contributed by atoms with Gasteiger partial charge in [-0.2, -0.15) is 5.10 Å². The summed E-state index contributed by atoms with van der Waals surface area (Å²) in [5, 5.41) is 7.03. The van der Waals surface area contributed by atoms with E-state index in [9.17, 15) is 4.79 Å². The number of halogens is 1. The molecule has 0 fully saturated rings. The lowest BCUT2D eigenvalue weighted by Crippen LogP contribution is -2.21. The van der Waals surface area contributed by atoms with Crippen molar-refractivity contribution in [2.45, 2.75) is 13.5 Å². The van der Waals surface area contributed by atoms with Gasteiger partial charge in [-0.1, -0.05) is 0 Å². The molecule has 90 valence electrons. The van der Waals surface area contributed by atoms with Crippen molar-refractivity contribution in [3.8, 4) is 0 Å². The van der Waals surface area contributed by atoms with Crippen LogP contribution in [0.4, 0.5) is 5.69 Å². The number of hydrogen-bond acceptors (Lipinski definition) is 4. The third kappa shape index (κ3) is 2.58. The maximum absolute atomic E-state index is 11.6. The van der Waals surface area contributed by atoms with Crippen LogP contribution in [0.5, 0.6) is 0 Å². The van der Waals surface area contributed by atoms with E-state index in [0.717, 1.165) is 11.5 Å². The summed E-state index contributed by atoms with van der Waals surface area (Å²) in [6, 6.07) is 3.79. The lowest BCUT2D eigenvalue weighted by molar-refractivity contribution is 0.490. The zero-order valence-corrected chi connectivity index (χ0v) is 11.1. The Hall–Kier alpha value is -1.56. The number of nitrogens with zero attached hydrogens (tertiary/aromatic N) is 2. The second-order valence-electron chi connectivity index (χ2n) is 3.67. The first-order chi connectivity index (χ1) is 8.08. The molecule has 0 aromatic carbocycles. The van der Waals surface area contributed by atoms with Crippen LogP contribution in [0, 0.1) is 6.92 Å². The molecule has 0 saturated heterocycles. The highest BCUT2D eigenvalue weighted by atomic mass is 79.9. The molecule has 0 bridgehead atoms. The zero-order chi connectivity index (χ0) is 12.4. The van der Waals surface area contributed by atoms with Crippen LogP contribution in [-0.2, 0) is 13.6 Å². The first kappa shape index (κ1) is 11.9. The van der Waals surface area contributed by atoms with Crippen LogP contribution in [0.3, 0.4) is 0 Å². The Kier molecular flexibility index (Phi) is 3.33. The molecule has 17 heavy (non-hydrogen) atoms. The molecule has 0 aliphatic rings. The zero-order valence-electron chi connectivity index (χ0n) is 9.53. The molecule has 0 radical (unpaired) electrons. The second-order valence-corrected chi connectivity index (χ2v) is 4.46.